The molecule has 1 aliphatic heterocycles. The summed E-state index contributed by atoms with van der Waals surface area (Å²) in [6, 6.07) is 14.8. The minimum absolute atomic E-state index is 0.00206. The number of fused-ring (bicyclic) bond motifs is 2. The summed E-state index contributed by atoms with van der Waals surface area (Å²) < 4.78 is 47.9. The molecule has 0 spiro atoms. The van der Waals surface area contributed by atoms with Gasteiger partial charge < -0.3 is 34.8 Å². The largest absolute Gasteiger partial charge is 0.492 e. The zero-order chi connectivity index (χ0) is 49.6. The van der Waals surface area contributed by atoms with Crippen molar-refractivity contribution < 1.29 is 47.0 Å². The van der Waals surface area contributed by atoms with Crippen molar-refractivity contribution in [1.29, 1.82) is 0 Å². The number of ether oxygens (including phenoxy) is 2. The topological polar surface area (TPSA) is 239 Å². The van der Waals surface area contributed by atoms with Crippen LogP contribution in [0.4, 0.5) is 10.9 Å². The normalized spacial score (nSPS) is 23.8. The Labute approximate surface area is 411 Å². The summed E-state index contributed by atoms with van der Waals surface area (Å²) in [6.07, 6.45) is 8.20. The summed E-state index contributed by atoms with van der Waals surface area (Å²) in [7, 11) is -2.22. The van der Waals surface area contributed by atoms with Gasteiger partial charge in [0.2, 0.25) is 0 Å². The fourth-order valence-corrected chi connectivity index (χ4v) is 14.4. The molecule has 2 unspecified atom stereocenters. The molecule has 5 N–H and O–H groups in total. The lowest BCUT2D eigenvalue weighted by Crippen LogP contribution is -2.64. The van der Waals surface area contributed by atoms with Gasteiger partial charge in [-0.15, -0.1) is 0 Å². The first-order valence-corrected chi connectivity index (χ1v) is 26.3. The number of benzene rings is 2. The average Bonchev–Trinajstić information content (AvgIpc) is 3.85. The maximum absolute atomic E-state index is 14.0. The molecule has 2 aromatic carbocycles. The molecule has 2 atom stereocenters. The number of amides is 1. The molecule has 70 heavy (non-hydrogen) atoms. The van der Waals surface area contributed by atoms with Crippen molar-refractivity contribution in [1.82, 2.24) is 30.0 Å². The first kappa shape index (κ1) is 49.5. The monoisotopic (exact) mass is 998 g/mol. The lowest BCUT2D eigenvalue weighted by atomic mass is 9.39. The van der Waals surface area contributed by atoms with E-state index in [2.05, 4.69) is 29.5 Å². The Morgan fingerprint density at radius 3 is 2.40 bits per heavy atom. The highest BCUT2D eigenvalue weighted by Gasteiger charge is 2.66. The molecule has 0 radical (unpaired) electrons. The number of carbonyl (C=O) groups excluding carboxylic acids is 1. The van der Waals surface area contributed by atoms with E-state index in [-0.39, 0.29) is 65.3 Å². The average molecular weight is 999 g/mol. The van der Waals surface area contributed by atoms with Gasteiger partial charge in [-0.05, 0) is 117 Å². The number of aromatic carboxylic acids is 1. The number of nitrogens with zero attached hydrogens (tertiary/aromatic N) is 6. The maximum atomic E-state index is 14.0. The summed E-state index contributed by atoms with van der Waals surface area (Å²) in [4.78, 5) is 51.4. The van der Waals surface area contributed by atoms with Gasteiger partial charge in [-0.1, -0.05) is 37.3 Å². The van der Waals surface area contributed by atoms with E-state index in [1.807, 2.05) is 58.8 Å². The number of carboxylic acid groups (broad SMARTS) is 2. The van der Waals surface area contributed by atoms with Crippen LogP contribution >= 0.6 is 11.3 Å². The molecule has 4 saturated carbocycles. The number of aromatic nitrogens is 4. The fraction of sp³-hybridized carbons (Fsp3) is 0.520. The number of aliphatic carboxylic acids is 1. The van der Waals surface area contributed by atoms with Gasteiger partial charge in [0.1, 0.15) is 18.2 Å². The Bertz CT molecular complexity index is 2890. The molecular formula is C50H62N8O10S2. The van der Waals surface area contributed by atoms with Gasteiger partial charge in [0.25, 0.3) is 16.0 Å². The van der Waals surface area contributed by atoms with E-state index in [0.717, 1.165) is 65.6 Å². The quantitative estimate of drug-likeness (QED) is 0.0376. The van der Waals surface area contributed by atoms with Crippen molar-refractivity contribution >= 4 is 60.5 Å². The predicted molar refractivity (Wildman–Crippen MR) is 265 cm³/mol. The van der Waals surface area contributed by atoms with Crippen LogP contribution in [0.3, 0.4) is 0 Å². The third kappa shape index (κ3) is 10.7. The van der Waals surface area contributed by atoms with Crippen LogP contribution in [0.25, 0.3) is 21.3 Å². The second kappa shape index (κ2) is 19.2. The SMILES string of the molecule is Cc1c(-c2ccc(N3CCc4c(OCCNCCC(=O)O)ccc(C(=O)Nc5nc6ccccc6s5)c4C3)nc2C(=O)O)cnn1CC12CC3(C)CC(C)(C1)CC(OCCN(C)CCS(=O)(=O)O)(C3)C2. The first-order valence-electron chi connectivity index (χ1n) is 23.9. The van der Waals surface area contributed by atoms with Crippen molar-refractivity contribution in [3.63, 3.8) is 0 Å². The van der Waals surface area contributed by atoms with Gasteiger partial charge in [0, 0.05) is 73.8 Å². The Balaban J connectivity index is 0.941. The Morgan fingerprint density at radius 2 is 1.67 bits per heavy atom. The van der Waals surface area contributed by atoms with Gasteiger partial charge in [0.15, 0.2) is 10.8 Å². The lowest BCUT2D eigenvalue weighted by molar-refractivity contribution is -0.248. The van der Waals surface area contributed by atoms with Crippen LogP contribution in [0.1, 0.15) is 96.5 Å². The summed E-state index contributed by atoms with van der Waals surface area (Å²) in [5.41, 5.74) is 4.43. The molecule has 4 bridgehead atoms. The number of pyridine rings is 1. The number of anilines is 2. The lowest BCUT2D eigenvalue weighted by Gasteiger charge is -2.69. The van der Waals surface area contributed by atoms with Gasteiger partial charge in [-0.2, -0.15) is 13.5 Å². The molecular weight excluding hydrogens is 937 g/mol. The molecule has 18 nitrogen and oxygen atoms in total. The zero-order valence-electron chi connectivity index (χ0n) is 40.1. The third-order valence-electron chi connectivity index (χ3n) is 14.7. The van der Waals surface area contributed by atoms with E-state index < -0.39 is 22.1 Å². The molecule has 10 rings (SSSR count). The Hall–Kier alpha value is -5.51. The van der Waals surface area contributed by atoms with E-state index in [4.69, 9.17) is 24.7 Å². The van der Waals surface area contributed by atoms with Crippen LogP contribution in [-0.4, -0.2) is 130 Å². The predicted octanol–water partition coefficient (Wildman–Crippen LogP) is 6.77. The van der Waals surface area contributed by atoms with Crippen molar-refractivity contribution in [2.45, 2.75) is 90.8 Å². The van der Waals surface area contributed by atoms with E-state index in [9.17, 15) is 32.5 Å². The van der Waals surface area contributed by atoms with E-state index in [1.165, 1.54) is 11.3 Å². The number of hydrogen-bond donors (Lipinski definition) is 5. The van der Waals surface area contributed by atoms with Gasteiger partial charge in [-0.3, -0.25) is 24.1 Å². The van der Waals surface area contributed by atoms with Crippen LogP contribution in [0.5, 0.6) is 5.75 Å². The number of para-hydroxylation sites is 1. The van der Waals surface area contributed by atoms with Gasteiger partial charge in [0.05, 0.1) is 40.8 Å². The van der Waals surface area contributed by atoms with Crippen molar-refractivity contribution in [3.8, 4) is 16.9 Å². The molecule has 1 amide bonds. The summed E-state index contributed by atoms with van der Waals surface area (Å²) in [5, 5.41) is 31.1. The number of carbonyl (C=O) groups is 3. The standard InChI is InChI=1S/C50H62N8O10S2/c1-32-36(23-52-58(32)31-49-26-47(2)25-48(3,27-49)29-50(28-47,30-49)68-21-18-56(4)19-22-70(64,65)66)34-10-12-41(54-43(34)45(62)63)57-17-14-33-37(24-57)35(9-11-39(33)67-20-16-51-15-13-42(59)60)44(61)55-46-53-38-7-5-6-8-40(38)69-46/h5-12,23,51H,13-22,24-31H2,1-4H3,(H,59,60)(H,62,63)(H,53,55,61)(H,64,65,66). The number of hydrogen-bond acceptors (Lipinski definition) is 14. The molecule has 0 saturated heterocycles. The fourth-order valence-electron chi connectivity index (χ4n) is 13.0. The van der Waals surface area contributed by atoms with Gasteiger partial charge >= 0.3 is 11.9 Å². The molecule has 374 valence electrons. The number of rotatable bonds is 21. The van der Waals surface area contributed by atoms with Crippen LogP contribution in [0.15, 0.2) is 54.7 Å². The Kier molecular flexibility index (Phi) is 13.6. The molecule has 4 fully saturated rings. The second-order valence-corrected chi connectivity index (χ2v) is 23.5. The van der Waals surface area contributed by atoms with Crippen molar-refractivity contribution in [3.05, 3.63) is 82.8 Å². The molecule has 5 aliphatic rings. The number of nitrogens with one attached hydrogen (secondary N) is 2. The minimum atomic E-state index is -4.05. The molecule has 4 aliphatic carbocycles. The first-order chi connectivity index (χ1) is 33.2. The van der Waals surface area contributed by atoms with Gasteiger partial charge in [-0.25, -0.2) is 14.8 Å². The van der Waals surface area contributed by atoms with Crippen molar-refractivity contribution in [2.24, 2.45) is 16.2 Å². The van der Waals surface area contributed by atoms with Crippen LogP contribution < -0.4 is 20.3 Å². The number of carboxylic acids is 2. The number of likely N-dealkylation sites (N-methyl/N-ethyl adjacent to an activating group) is 1. The Morgan fingerprint density at radius 1 is 0.900 bits per heavy atom. The van der Waals surface area contributed by atoms with Crippen LogP contribution in [0.2, 0.25) is 0 Å². The third-order valence-corrected chi connectivity index (χ3v) is 16.4. The highest BCUT2D eigenvalue weighted by atomic mass is 32.2. The second-order valence-electron chi connectivity index (χ2n) is 20.9. The minimum Gasteiger partial charge on any atom is -0.492 e. The van der Waals surface area contributed by atoms with E-state index in [1.54, 1.807) is 24.4 Å². The summed E-state index contributed by atoms with van der Waals surface area (Å²) >= 11 is 1.38. The summed E-state index contributed by atoms with van der Waals surface area (Å²) in [5.74, 6) is -1.64. The van der Waals surface area contributed by atoms with Crippen molar-refractivity contribution in [2.75, 3.05) is 69.0 Å². The van der Waals surface area contributed by atoms with Crippen LogP contribution in [0, 0.1) is 23.2 Å². The van der Waals surface area contributed by atoms with E-state index >= 15 is 0 Å². The van der Waals surface area contributed by atoms with Crippen LogP contribution in [-0.2, 0) is 39.2 Å². The maximum Gasteiger partial charge on any atom is 0.355 e. The molecule has 20 heteroatoms. The smallest absolute Gasteiger partial charge is 0.355 e. The highest BCUT2D eigenvalue weighted by Crippen LogP contribution is 2.72. The zero-order valence-corrected chi connectivity index (χ0v) is 41.8. The van der Waals surface area contributed by atoms with E-state index in [0.29, 0.717) is 79.1 Å². The summed E-state index contributed by atoms with van der Waals surface area (Å²) in [6.45, 7) is 10.4. The molecule has 3 aromatic heterocycles. The molecule has 5 aromatic rings. The molecule has 4 heterocycles. The highest BCUT2D eigenvalue weighted by molar-refractivity contribution is 7.85. The number of thiazole rings is 1.